The molecule has 0 atom stereocenters. The largest absolute Gasteiger partial charge is 0.497 e. The smallest absolute Gasteiger partial charge is 0.127 e. The number of benzene rings is 3. The Labute approximate surface area is 173 Å². The number of quaternary nitrogens is 2. The first-order chi connectivity index (χ1) is 14.3. The topological polar surface area (TPSA) is 27.3 Å². The third-order valence-electron chi connectivity index (χ3n) is 5.58. The quantitative estimate of drug-likeness (QED) is 0.646. The van der Waals surface area contributed by atoms with Gasteiger partial charge in [0.2, 0.25) is 0 Å². The van der Waals surface area contributed by atoms with Crippen molar-refractivity contribution in [3.63, 3.8) is 0 Å². The van der Waals surface area contributed by atoms with Crippen LogP contribution in [0.5, 0.6) is 17.2 Å². The molecule has 3 aromatic carbocycles. The number of hydrogen-bond donors (Lipinski definition) is 2. The average Bonchev–Trinajstić information content (AvgIpc) is 2.76. The molecule has 29 heavy (non-hydrogen) atoms. The minimum Gasteiger partial charge on any atom is -0.497 e. The highest BCUT2D eigenvalue weighted by molar-refractivity contribution is 5.33. The van der Waals surface area contributed by atoms with E-state index in [4.69, 9.17) is 9.47 Å². The fourth-order valence-electron chi connectivity index (χ4n) is 4.01. The molecule has 4 rings (SSSR count). The van der Waals surface area contributed by atoms with Gasteiger partial charge in [-0.05, 0) is 36.4 Å². The molecule has 0 aromatic heterocycles. The zero-order valence-electron chi connectivity index (χ0n) is 17.1. The van der Waals surface area contributed by atoms with Crippen LogP contribution in [0.3, 0.4) is 0 Å². The van der Waals surface area contributed by atoms with Crippen molar-refractivity contribution in [1.82, 2.24) is 0 Å². The predicted octanol–water partition coefficient (Wildman–Crippen LogP) is 1.97. The maximum absolute atomic E-state index is 5.99. The zero-order valence-corrected chi connectivity index (χ0v) is 17.1. The SMILES string of the molecule is COc1cccc(C[NH+]2CC[NH+](Cc3cccc(Oc4ccccc4)c3)CC2)c1. The average molecular weight is 391 g/mol. The summed E-state index contributed by atoms with van der Waals surface area (Å²) in [5.41, 5.74) is 2.69. The molecule has 3 aromatic rings. The van der Waals surface area contributed by atoms with Gasteiger partial charge in [0.15, 0.2) is 0 Å². The van der Waals surface area contributed by atoms with E-state index < -0.39 is 0 Å². The molecule has 4 nitrogen and oxygen atoms in total. The number of nitrogens with one attached hydrogen (secondary N) is 2. The normalized spacial score (nSPS) is 18.9. The first-order valence-electron chi connectivity index (χ1n) is 10.4. The highest BCUT2D eigenvalue weighted by atomic mass is 16.5. The molecule has 0 bridgehead atoms. The second kappa shape index (κ2) is 9.59. The number of ether oxygens (including phenoxy) is 2. The standard InChI is InChI=1S/C25H28N2O2/c1-28-24-11-5-7-21(17-24)19-26-13-15-27(16-14-26)20-22-8-6-12-25(18-22)29-23-9-3-2-4-10-23/h2-12,17-18H,13-16,19-20H2,1H3/p+2. The third-order valence-corrected chi connectivity index (χ3v) is 5.58. The maximum atomic E-state index is 5.99. The fourth-order valence-corrected chi connectivity index (χ4v) is 4.01. The van der Waals surface area contributed by atoms with Crippen LogP contribution in [-0.4, -0.2) is 33.3 Å². The molecular weight excluding hydrogens is 360 g/mol. The summed E-state index contributed by atoms with van der Waals surface area (Å²) >= 11 is 0. The van der Waals surface area contributed by atoms with Crippen molar-refractivity contribution < 1.29 is 19.3 Å². The van der Waals surface area contributed by atoms with Gasteiger partial charge in [0.25, 0.3) is 0 Å². The van der Waals surface area contributed by atoms with Gasteiger partial charge in [0.1, 0.15) is 56.5 Å². The minimum atomic E-state index is 0.881. The van der Waals surface area contributed by atoms with Crippen LogP contribution in [0.2, 0.25) is 0 Å². The molecular formula is C25H30N2O2+2. The molecule has 1 saturated heterocycles. The lowest BCUT2D eigenvalue weighted by Crippen LogP contribution is -3.27. The lowest BCUT2D eigenvalue weighted by atomic mass is 10.1. The number of rotatable bonds is 7. The Morgan fingerprint density at radius 2 is 1.14 bits per heavy atom. The molecule has 0 radical (unpaired) electrons. The van der Waals surface area contributed by atoms with Crippen molar-refractivity contribution in [1.29, 1.82) is 0 Å². The van der Waals surface area contributed by atoms with Crippen LogP contribution in [0.15, 0.2) is 78.9 Å². The van der Waals surface area contributed by atoms with E-state index in [1.165, 1.54) is 37.3 Å². The molecule has 4 heteroatoms. The van der Waals surface area contributed by atoms with Crippen LogP contribution in [0.25, 0.3) is 0 Å². The van der Waals surface area contributed by atoms with Gasteiger partial charge < -0.3 is 19.3 Å². The van der Waals surface area contributed by atoms with E-state index in [2.05, 4.69) is 36.4 Å². The highest BCUT2D eigenvalue weighted by Gasteiger charge is 2.23. The van der Waals surface area contributed by atoms with Crippen LogP contribution >= 0.6 is 0 Å². The molecule has 1 heterocycles. The van der Waals surface area contributed by atoms with E-state index in [1.807, 2.05) is 42.5 Å². The van der Waals surface area contributed by atoms with E-state index in [0.29, 0.717) is 0 Å². The van der Waals surface area contributed by atoms with E-state index in [9.17, 15) is 0 Å². The molecule has 1 aliphatic heterocycles. The van der Waals surface area contributed by atoms with Gasteiger partial charge >= 0.3 is 0 Å². The van der Waals surface area contributed by atoms with Crippen LogP contribution in [-0.2, 0) is 13.1 Å². The monoisotopic (exact) mass is 390 g/mol. The Hall–Kier alpha value is -2.82. The van der Waals surface area contributed by atoms with Crippen LogP contribution in [0.4, 0.5) is 0 Å². The van der Waals surface area contributed by atoms with Gasteiger partial charge in [-0.2, -0.15) is 0 Å². The van der Waals surface area contributed by atoms with Gasteiger partial charge in [-0.1, -0.05) is 42.5 Å². The summed E-state index contributed by atoms with van der Waals surface area (Å²) in [5, 5.41) is 0. The Balaban J connectivity index is 1.29. The first kappa shape index (κ1) is 19.5. The number of piperazine rings is 1. The van der Waals surface area contributed by atoms with Gasteiger partial charge in [-0.15, -0.1) is 0 Å². The lowest BCUT2D eigenvalue weighted by molar-refractivity contribution is -1.02. The summed E-state index contributed by atoms with van der Waals surface area (Å²) in [6.07, 6.45) is 0. The Bertz CT molecular complexity index is 905. The molecule has 2 N–H and O–H groups in total. The Kier molecular flexibility index (Phi) is 6.45. The summed E-state index contributed by atoms with van der Waals surface area (Å²) < 4.78 is 11.3. The third kappa shape index (κ3) is 5.59. The molecule has 1 fully saturated rings. The highest BCUT2D eigenvalue weighted by Crippen LogP contribution is 2.21. The van der Waals surface area contributed by atoms with Gasteiger partial charge in [-0.25, -0.2) is 0 Å². The number of methoxy groups -OCH3 is 1. The lowest BCUT2D eigenvalue weighted by Gasteiger charge is -2.30. The zero-order chi connectivity index (χ0) is 19.9. The predicted molar refractivity (Wildman–Crippen MR) is 115 cm³/mol. The molecule has 1 aliphatic rings. The fraction of sp³-hybridized carbons (Fsp3) is 0.280. The van der Waals surface area contributed by atoms with Gasteiger partial charge in [0.05, 0.1) is 7.11 Å². The molecule has 0 spiro atoms. The summed E-state index contributed by atoms with van der Waals surface area (Å²) in [7, 11) is 1.73. The van der Waals surface area contributed by atoms with Crippen LogP contribution < -0.4 is 19.3 Å². The van der Waals surface area contributed by atoms with Crippen molar-refractivity contribution in [3.8, 4) is 17.2 Å². The van der Waals surface area contributed by atoms with Crippen molar-refractivity contribution in [2.24, 2.45) is 0 Å². The molecule has 0 aliphatic carbocycles. The Morgan fingerprint density at radius 1 is 0.621 bits per heavy atom. The van der Waals surface area contributed by atoms with E-state index in [1.54, 1.807) is 16.9 Å². The van der Waals surface area contributed by atoms with Gasteiger partial charge in [-0.3, -0.25) is 0 Å². The summed E-state index contributed by atoms with van der Waals surface area (Å²) in [5.74, 6) is 2.74. The first-order valence-corrected chi connectivity index (χ1v) is 10.4. The molecule has 0 amide bonds. The summed E-state index contributed by atoms with van der Waals surface area (Å²) in [6, 6.07) is 26.9. The van der Waals surface area contributed by atoms with E-state index >= 15 is 0 Å². The van der Waals surface area contributed by atoms with Crippen molar-refractivity contribution in [2.45, 2.75) is 13.1 Å². The second-order valence-electron chi connectivity index (χ2n) is 7.77. The maximum Gasteiger partial charge on any atom is 0.127 e. The van der Waals surface area contributed by atoms with Crippen LogP contribution in [0.1, 0.15) is 11.1 Å². The van der Waals surface area contributed by atoms with Crippen molar-refractivity contribution >= 4 is 0 Å². The molecule has 0 unspecified atom stereocenters. The van der Waals surface area contributed by atoms with E-state index in [0.717, 1.165) is 30.3 Å². The van der Waals surface area contributed by atoms with E-state index in [-0.39, 0.29) is 0 Å². The number of hydrogen-bond acceptors (Lipinski definition) is 2. The van der Waals surface area contributed by atoms with Crippen molar-refractivity contribution in [2.75, 3.05) is 33.3 Å². The summed E-state index contributed by atoms with van der Waals surface area (Å²) in [4.78, 5) is 3.31. The minimum absolute atomic E-state index is 0.881. The number of para-hydroxylation sites is 1. The summed E-state index contributed by atoms with van der Waals surface area (Å²) in [6.45, 7) is 6.93. The van der Waals surface area contributed by atoms with Crippen molar-refractivity contribution in [3.05, 3.63) is 90.0 Å². The Morgan fingerprint density at radius 3 is 1.72 bits per heavy atom. The van der Waals surface area contributed by atoms with Crippen LogP contribution in [0, 0.1) is 0 Å². The molecule has 150 valence electrons. The van der Waals surface area contributed by atoms with Gasteiger partial charge in [0, 0.05) is 11.1 Å². The molecule has 0 saturated carbocycles. The second-order valence-corrected chi connectivity index (χ2v) is 7.77.